The lowest BCUT2D eigenvalue weighted by molar-refractivity contribution is -0.117. The summed E-state index contributed by atoms with van der Waals surface area (Å²) in [6.07, 6.45) is 2.46. The number of anilines is 2. The topological polar surface area (TPSA) is 143 Å². The Hall–Kier alpha value is -3.93. The number of aromatic nitrogens is 1. The van der Waals surface area contributed by atoms with Gasteiger partial charge in [0.1, 0.15) is 21.8 Å². The number of carbonyl (C=O) groups excluding carboxylic acids is 2. The SMILES string of the molecule is CCCN(C)CC(=O)Nc1cccc(NC=c2sc(=C(C#N)C(=O)NCC#N)n(CC)c2=O)c1. The third-order valence-electron chi connectivity index (χ3n) is 4.64. The number of likely N-dealkylation sites (N-methyl/N-ethyl adjacent to an activating group) is 1. The van der Waals surface area contributed by atoms with Gasteiger partial charge in [-0.15, -0.1) is 11.3 Å². The highest BCUT2D eigenvalue weighted by atomic mass is 32.1. The first-order valence-electron chi connectivity index (χ1n) is 10.7. The largest absolute Gasteiger partial charge is 0.360 e. The van der Waals surface area contributed by atoms with Crippen molar-refractivity contribution in [3.8, 4) is 12.1 Å². The van der Waals surface area contributed by atoms with Crippen LogP contribution >= 0.6 is 11.3 Å². The summed E-state index contributed by atoms with van der Waals surface area (Å²) in [5, 5.41) is 26.3. The van der Waals surface area contributed by atoms with Crippen molar-refractivity contribution in [2.24, 2.45) is 0 Å². The fourth-order valence-electron chi connectivity index (χ4n) is 3.14. The van der Waals surface area contributed by atoms with Gasteiger partial charge in [-0.05, 0) is 45.1 Å². The molecule has 3 N–H and O–H groups in total. The number of benzene rings is 1. The van der Waals surface area contributed by atoms with Gasteiger partial charge in [-0.3, -0.25) is 23.9 Å². The summed E-state index contributed by atoms with van der Waals surface area (Å²) in [6.45, 7) is 4.92. The van der Waals surface area contributed by atoms with Gasteiger partial charge >= 0.3 is 0 Å². The number of thiazole rings is 1. The Morgan fingerprint density at radius 1 is 1.24 bits per heavy atom. The van der Waals surface area contributed by atoms with Gasteiger partial charge in [0.25, 0.3) is 11.5 Å². The number of nitriles is 2. The molecule has 10 nitrogen and oxygen atoms in total. The molecule has 0 aliphatic rings. The van der Waals surface area contributed by atoms with Gasteiger partial charge in [0.2, 0.25) is 5.91 Å². The first-order valence-corrected chi connectivity index (χ1v) is 11.5. The summed E-state index contributed by atoms with van der Waals surface area (Å²) in [4.78, 5) is 39.2. The Labute approximate surface area is 201 Å². The van der Waals surface area contributed by atoms with Crippen LogP contribution in [0.1, 0.15) is 20.3 Å². The highest BCUT2D eigenvalue weighted by Crippen LogP contribution is 2.15. The summed E-state index contributed by atoms with van der Waals surface area (Å²) in [5.74, 6) is -0.833. The van der Waals surface area contributed by atoms with Crippen molar-refractivity contribution in [2.75, 3.05) is 37.3 Å². The van der Waals surface area contributed by atoms with Crippen molar-refractivity contribution < 1.29 is 9.59 Å². The van der Waals surface area contributed by atoms with E-state index in [2.05, 4.69) is 22.9 Å². The fraction of sp³-hybridized carbons (Fsp3) is 0.348. The number of carbonyl (C=O) groups is 2. The predicted octanol–water partition coefficient (Wildman–Crippen LogP) is 0.374. The van der Waals surface area contributed by atoms with E-state index >= 15 is 0 Å². The van der Waals surface area contributed by atoms with Crippen molar-refractivity contribution in [1.29, 1.82) is 10.5 Å². The highest BCUT2D eigenvalue weighted by Gasteiger charge is 2.15. The third-order valence-corrected chi connectivity index (χ3v) is 5.77. The van der Waals surface area contributed by atoms with E-state index < -0.39 is 5.91 Å². The molecule has 178 valence electrons. The average Bonchev–Trinajstić information content (AvgIpc) is 3.11. The lowest BCUT2D eigenvalue weighted by Gasteiger charge is -2.15. The zero-order valence-corrected chi connectivity index (χ0v) is 20.2. The van der Waals surface area contributed by atoms with Gasteiger partial charge in [0, 0.05) is 24.1 Å². The zero-order chi connectivity index (χ0) is 25.1. The molecular formula is C23H27N7O3S. The van der Waals surface area contributed by atoms with E-state index in [4.69, 9.17) is 5.26 Å². The molecule has 1 aromatic carbocycles. The first kappa shape index (κ1) is 26.3. The van der Waals surface area contributed by atoms with Gasteiger partial charge < -0.3 is 16.0 Å². The maximum absolute atomic E-state index is 12.8. The molecule has 0 unspecified atom stereocenters. The predicted molar refractivity (Wildman–Crippen MR) is 132 cm³/mol. The van der Waals surface area contributed by atoms with Crippen molar-refractivity contribution in [2.45, 2.75) is 26.8 Å². The standard InChI is InChI=1S/C23H27N7O3S/c1-4-11-29(3)15-20(31)28-17-8-6-7-16(12-17)27-14-19-22(33)30(5-2)23(34-19)18(13-25)21(32)26-10-9-24/h6-8,12,14,27H,4-5,10-11,15H2,1-3H3,(H,26,32)(H,28,31). The summed E-state index contributed by atoms with van der Waals surface area (Å²) in [6, 6.07) is 10.7. The smallest absolute Gasteiger partial charge is 0.270 e. The Bertz CT molecular complexity index is 1300. The number of nitrogens with one attached hydrogen (secondary N) is 3. The highest BCUT2D eigenvalue weighted by molar-refractivity contribution is 7.07. The monoisotopic (exact) mass is 481 g/mol. The minimum atomic E-state index is -0.708. The van der Waals surface area contributed by atoms with Crippen LogP contribution in [-0.2, 0) is 16.1 Å². The molecule has 0 radical (unpaired) electrons. The van der Waals surface area contributed by atoms with Gasteiger partial charge in [-0.25, -0.2) is 0 Å². The third kappa shape index (κ3) is 7.04. The van der Waals surface area contributed by atoms with Crippen molar-refractivity contribution in [1.82, 2.24) is 14.8 Å². The summed E-state index contributed by atoms with van der Waals surface area (Å²) in [7, 11) is 1.89. The van der Waals surface area contributed by atoms with Crippen molar-refractivity contribution >= 4 is 46.3 Å². The number of nitrogens with zero attached hydrogens (tertiary/aromatic N) is 4. The molecule has 1 heterocycles. The minimum absolute atomic E-state index is 0.125. The van der Waals surface area contributed by atoms with E-state index in [-0.39, 0.29) is 41.3 Å². The van der Waals surface area contributed by atoms with Crippen LogP contribution in [0.15, 0.2) is 29.1 Å². The Balaban J connectivity index is 2.31. The maximum Gasteiger partial charge on any atom is 0.270 e. The van der Waals surface area contributed by atoms with Gasteiger partial charge in [0.15, 0.2) is 5.57 Å². The van der Waals surface area contributed by atoms with Crippen molar-refractivity contribution in [3.63, 3.8) is 0 Å². The number of hydrogen-bond donors (Lipinski definition) is 3. The fourth-order valence-corrected chi connectivity index (χ4v) is 4.22. The molecule has 0 atom stereocenters. The molecular weight excluding hydrogens is 454 g/mol. The van der Waals surface area contributed by atoms with E-state index in [1.165, 1.54) is 10.8 Å². The average molecular weight is 482 g/mol. The normalized spacial score (nSPS) is 12.0. The summed E-state index contributed by atoms with van der Waals surface area (Å²) < 4.78 is 1.86. The number of rotatable bonds is 10. The maximum atomic E-state index is 12.8. The zero-order valence-electron chi connectivity index (χ0n) is 19.3. The lowest BCUT2D eigenvalue weighted by Crippen LogP contribution is -2.34. The molecule has 0 aliphatic heterocycles. The van der Waals surface area contributed by atoms with Crippen molar-refractivity contribution in [3.05, 3.63) is 43.8 Å². The minimum Gasteiger partial charge on any atom is -0.360 e. The molecule has 2 amide bonds. The number of amides is 2. The Kier molecular flexibility index (Phi) is 10.0. The second-order valence-corrected chi connectivity index (χ2v) is 8.33. The molecule has 0 spiro atoms. The van der Waals surface area contributed by atoms with Crippen LogP contribution in [0.4, 0.5) is 11.4 Å². The van der Waals surface area contributed by atoms with Crippen LogP contribution in [0.5, 0.6) is 0 Å². The first-order chi connectivity index (χ1) is 16.3. The second kappa shape index (κ2) is 12.9. The lowest BCUT2D eigenvalue weighted by atomic mass is 10.2. The van der Waals surface area contributed by atoms with E-state index in [9.17, 15) is 19.6 Å². The second-order valence-electron chi connectivity index (χ2n) is 7.30. The Morgan fingerprint density at radius 2 is 1.97 bits per heavy atom. The molecule has 0 saturated heterocycles. The van der Waals surface area contributed by atoms with Crippen LogP contribution in [0, 0.1) is 22.7 Å². The molecule has 0 saturated carbocycles. The number of hydrogen-bond acceptors (Lipinski definition) is 8. The summed E-state index contributed by atoms with van der Waals surface area (Å²) >= 11 is 1.00. The van der Waals surface area contributed by atoms with E-state index in [0.29, 0.717) is 15.9 Å². The Morgan fingerprint density at radius 3 is 2.62 bits per heavy atom. The van der Waals surface area contributed by atoms with Crippen LogP contribution < -0.4 is 30.7 Å². The molecule has 1 aromatic heterocycles. The van der Waals surface area contributed by atoms with Crippen LogP contribution in [0.2, 0.25) is 0 Å². The molecule has 0 aliphatic carbocycles. The molecule has 2 rings (SSSR count). The van der Waals surface area contributed by atoms with Crippen LogP contribution in [0.25, 0.3) is 11.8 Å². The molecule has 2 aromatic rings. The molecule has 11 heteroatoms. The quantitative estimate of drug-likeness (QED) is 0.416. The molecule has 0 fully saturated rings. The van der Waals surface area contributed by atoms with E-state index in [1.54, 1.807) is 37.3 Å². The van der Waals surface area contributed by atoms with Crippen LogP contribution in [-0.4, -0.2) is 48.0 Å². The van der Waals surface area contributed by atoms with Gasteiger partial charge in [0.05, 0.1) is 12.6 Å². The van der Waals surface area contributed by atoms with E-state index in [1.807, 2.05) is 18.0 Å². The molecule has 0 bridgehead atoms. The van der Waals surface area contributed by atoms with Gasteiger partial charge in [-0.2, -0.15) is 10.5 Å². The van der Waals surface area contributed by atoms with Gasteiger partial charge in [-0.1, -0.05) is 13.0 Å². The summed E-state index contributed by atoms with van der Waals surface area (Å²) in [5.41, 5.74) is 0.685. The molecule has 34 heavy (non-hydrogen) atoms. The van der Waals surface area contributed by atoms with E-state index in [0.717, 1.165) is 24.3 Å². The van der Waals surface area contributed by atoms with Crippen LogP contribution in [0.3, 0.4) is 0 Å².